The molecule has 2 aromatic carbocycles. The predicted molar refractivity (Wildman–Crippen MR) is 91.4 cm³/mol. The van der Waals surface area contributed by atoms with Crippen molar-refractivity contribution in [1.82, 2.24) is 4.90 Å². The van der Waals surface area contributed by atoms with Crippen LogP contribution < -0.4 is 0 Å². The van der Waals surface area contributed by atoms with Gasteiger partial charge in [0.1, 0.15) is 0 Å². The molecule has 2 rings (SSSR count). The third-order valence-corrected chi connectivity index (χ3v) is 3.69. The molecule has 2 aromatic rings. The van der Waals surface area contributed by atoms with E-state index in [0.717, 1.165) is 16.5 Å². The molecule has 7 heteroatoms. The van der Waals surface area contributed by atoms with Crippen LogP contribution in [0.2, 0.25) is 0 Å². The van der Waals surface area contributed by atoms with Crippen LogP contribution in [0.5, 0.6) is 0 Å². The summed E-state index contributed by atoms with van der Waals surface area (Å²) in [6.07, 6.45) is -0.269. The van der Waals surface area contributed by atoms with Gasteiger partial charge in [-0.3, -0.25) is 14.9 Å². The van der Waals surface area contributed by atoms with Gasteiger partial charge in [0.15, 0.2) is 0 Å². The van der Waals surface area contributed by atoms with E-state index in [0.29, 0.717) is 12.0 Å². The molecule has 0 unspecified atom stereocenters. The van der Waals surface area contributed by atoms with Crippen LogP contribution in [0.4, 0.5) is 10.5 Å². The lowest BCUT2D eigenvalue weighted by Gasteiger charge is -2.15. The summed E-state index contributed by atoms with van der Waals surface area (Å²) in [4.78, 5) is 35.5. The van der Waals surface area contributed by atoms with Crippen LogP contribution in [0.3, 0.4) is 0 Å². The van der Waals surface area contributed by atoms with Gasteiger partial charge in [-0.25, -0.2) is 9.69 Å². The zero-order chi connectivity index (χ0) is 18.4. The number of ether oxygens (including phenoxy) is 1. The number of amides is 2. The highest BCUT2D eigenvalue weighted by Crippen LogP contribution is 2.20. The smallest absolute Gasteiger partial charge is 0.416 e. The molecular weight excluding hydrogens is 324 g/mol. The Morgan fingerprint density at radius 2 is 1.84 bits per heavy atom. The molecule has 0 radical (unpaired) electrons. The normalized spacial score (nSPS) is 10.2. The van der Waals surface area contributed by atoms with Gasteiger partial charge in [0.25, 0.3) is 11.6 Å². The van der Waals surface area contributed by atoms with Gasteiger partial charge < -0.3 is 4.74 Å². The van der Waals surface area contributed by atoms with E-state index >= 15 is 0 Å². The predicted octanol–water partition coefficient (Wildman–Crippen LogP) is 3.35. The highest BCUT2D eigenvalue weighted by Gasteiger charge is 2.22. The number of nitro benzene ring substituents is 1. The molecule has 0 saturated carbocycles. The highest BCUT2D eigenvalue weighted by molar-refractivity contribution is 6.03. The molecule has 0 saturated heterocycles. The molecule has 0 fully saturated rings. The molecule has 0 heterocycles. The number of rotatable bonds is 5. The molecule has 130 valence electrons. The number of nitrogens with zero attached hydrogens (tertiary/aromatic N) is 2. The van der Waals surface area contributed by atoms with E-state index in [1.807, 2.05) is 30.3 Å². The summed E-state index contributed by atoms with van der Waals surface area (Å²) < 4.78 is 5.08. The van der Waals surface area contributed by atoms with Crippen molar-refractivity contribution in [2.75, 3.05) is 13.7 Å². The monoisotopic (exact) mass is 342 g/mol. The second-order valence-corrected chi connectivity index (χ2v) is 5.47. The molecule has 0 aliphatic carbocycles. The summed E-state index contributed by atoms with van der Waals surface area (Å²) in [5, 5.41) is 11.0. The maximum absolute atomic E-state index is 12.3. The first-order valence-electron chi connectivity index (χ1n) is 7.64. The van der Waals surface area contributed by atoms with Gasteiger partial charge in [-0.15, -0.1) is 0 Å². The molecule has 0 spiro atoms. The van der Waals surface area contributed by atoms with E-state index in [-0.39, 0.29) is 17.9 Å². The number of carbonyl (C=O) groups excluding carboxylic acids is 2. The van der Waals surface area contributed by atoms with Crippen molar-refractivity contribution in [2.24, 2.45) is 0 Å². The van der Waals surface area contributed by atoms with Crippen molar-refractivity contribution < 1.29 is 19.2 Å². The number of carbonyl (C=O) groups is 2. The minimum atomic E-state index is -0.802. The Kier molecular flexibility index (Phi) is 5.84. The Balaban J connectivity index is 1.98. The summed E-state index contributed by atoms with van der Waals surface area (Å²) in [6.45, 7) is 1.71. The maximum Gasteiger partial charge on any atom is 0.416 e. The number of imide groups is 1. The first-order chi connectivity index (χ1) is 11.9. The molecule has 25 heavy (non-hydrogen) atoms. The van der Waals surface area contributed by atoms with Crippen molar-refractivity contribution in [3.05, 3.63) is 75.3 Å². The first-order valence-corrected chi connectivity index (χ1v) is 7.64. The number of benzene rings is 2. The summed E-state index contributed by atoms with van der Waals surface area (Å²) in [5.41, 5.74) is 1.34. The number of nitro groups is 1. The zero-order valence-corrected chi connectivity index (χ0v) is 14.0. The molecule has 0 atom stereocenters. The van der Waals surface area contributed by atoms with Gasteiger partial charge in [-0.2, -0.15) is 0 Å². The topological polar surface area (TPSA) is 89.8 Å². The first kappa shape index (κ1) is 18.1. The van der Waals surface area contributed by atoms with Crippen LogP contribution in [0.25, 0.3) is 0 Å². The zero-order valence-electron chi connectivity index (χ0n) is 14.0. The summed E-state index contributed by atoms with van der Waals surface area (Å²) >= 11 is 0. The average molecular weight is 342 g/mol. The van der Waals surface area contributed by atoms with Crippen molar-refractivity contribution in [3.8, 4) is 0 Å². The summed E-state index contributed by atoms with van der Waals surface area (Å²) in [7, 11) is 1.28. The van der Waals surface area contributed by atoms with Gasteiger partial charge in [0.05, 0.1) is 11.5 Å². The molecule has 0 bridgehead atoms. The van der Waals surface area contributed by atoms with Crippen molar-refractivity contribution in [1.29, 1.82) is 0 Å². The number of aryl methyl sites for hydroxylation is 1. The fourth-order valence-corrected chi connectivity index (χ4v) is 2.21. The van der Waals surface area contributed by atoms with Crippen LogP contribution in [-0.2, 0) is 11.2 Å². The minimum absolute atomic E-state index is 0.0554. The fraction of sp³-hybridized carbons (Fsp3) is 0.222. The SMILES string of the molecule is Cc1ccc(C(=O)N(C)C(=O)OCCc2ccccc2)cc1[N+](=O)[O-]. The number of hydrogen-bond acceptors (Lipinski definition) is 5. The Morgan fingerprint density at radius 3 is 2.48 bits per heavy atom. The summed E-state index contributed by atoms with van der Waals surface area (Å²) in [6, 6.07) is 13.6. The molecule has 0 aliphatic heterocycles. The number of hydrogen-bond donors (Lipinski definition) is 0. The third kappa shape index (κ3) is 4.63. The van der Waals surface area contributed by atoms with Gasteiger partial charge in [-0.05, 0) is 18.6 Å². The maximum atomic E-state index is 12.3. The minimum Gasteiger partial charge on any atom is -0.449 e. The van der Waals surface area contributed by atoms with Crippen LogP contribution in [0.15, 0.2) is 48.5 Å². The molecule has 2 amide bonds. The van der Waals surface area contributed by atoms with Gasteiger partial charge >= 0.3 is 6.09 Å². The Labute approximate surface area is 145 Å². The van der Waals surface area contributed by atoms with Gasteiger partial charge in [0.2, 0.25) is 0 Å². The van der Waals surface area contributed by atoms with Crippen LogP contribution >= 0.6 is 0 Å². The molecule has 0 aliphatic rings. The van der Waals surface area contributed by atoms with Crippen LogP contribution in [-0.4, -0.2) is 35.5 Å². The van der Waals surface area contributed by atoms with Crippen LogP contribution in [0.1, 0.15) is 21.5 Å². The van der Waals surface area contributed by atoms with Gasteiger partial charge in [0, 0.05) is 30.7 Å². The highest BCUT2D eigenvalue weighted by atomic mass is 16.6. The standard InChI is InChI=1S/C18H18N2O5/c1-13-8-9-15(12-16(13)20(23)24)17(21)19(2)18(22)25-11-10-14-6-4-3-5-7-14/h3-9,12H,10-11H2,1-2H3. The second kappa shape index (κ2) is 8.05. The summed E-state index contributed by atoms with van der Waals surface area (Å²) in [5.74, 6) is -0.659. The van der Waals surface area contributed by atoms with Crippen LogP contribution in [0, 0.1) is 17.0 Å². The van der Waals surface area contributed by atoms with Crippen molar-refractivity contribution in [3.63, 3.8) is 0 Å². The third-order valence-electron chi connectivity index (χ3n) is 3.69. The fourth-order valence-electron chi connectivity index (χ4n) is 2.21. The largest absolute Gasteiger partial charge is 0.449 e. The quantitative estimate of drug-likeness (QED) is 0.614. The Morgan fingerprint density at radius 1 is 1.16 bits per heavy atom. The van der Waals surface area contributed by atoms with E-state index in [9.17, 15) is 19.7 Å². The molecular formula is C18H18N2O5. The Hall–Kier alpha value is -3.22. The van der Waals surface area contributed by atoms with E-state index < -0.39 is 16.9 Å². The lowest BCUT2D eigenvalue weighted by atomic mass is 10.1. The molecule has 0 N–H and O–H groups in total. The lowest BCUT2D eigenvalue weighted by Crippen LogP contribution is -2.34. The Bertz CT molecular complexity index is 789. The average Bonchev–Trinajstić information content (AvgIpc) is 2.61. The second-order valence-electron chi connectivity index (χ2n) is 5.47. The lowest BCUT2D eigenvalue weighted by molar-refractivity contribution is -0.385. The molecule has 7 nitrogen and oxygen atoms in total. The van der Waals surface area contributed by atoms with Gasteiger partial charge in [-0.1, -0.05) is 36.4 Å². The van der Waals surface area contributed by atoms with E-state index in [1.54, 1.807) is 6.92 Å². The van der Waals surface area contributed by atoms with E-state index in [4.69, 9.17) is 4.74 Å². The molecule has 0 aromatic heterocycles. The van der Waals surface area contributed by atoms with Crippen molar-refractivity contribution >= 4 is 17.7 Å². The van der Waals surface area contributed by atoms with Crippen molar-refractivity contribution in [2.45, 2.75) is 13.3 Å². The van der Waals surface area contributed by atoms with E-state index in [1.165, 1.54) is 19.2 Å². The van der Waals surface area contributed by atoms with E-state index in [2.05, 4.69) is 0 Å².